The molecule has 1 amide bonds. The number of carboxylic acid groups (broad SMARTS) is 1. The molecule has 10 heteroatoms. The molecule has 0 radical (unpaired) electrons. The minimum atomic E-state index is -1.18. The lowest BCUT2D eigenvalue weighted by molar-refractivity contribution is -0.161. The third-order valence-corrected chi connectivity index (χ3v) is 7.08. The number of hydrogen-bond donors (Lipinski definition) is 3. The number of nitrogens with zero attached hydrogens (tertiary/aromatic N) is 3. The Balaban J connectivity index is 1.87. The van der Waals surface area contributed by atoms with Gasteiger partial charge in [-0.25, -0.2) is 9.78 Å². The van der Waals surface area contributed by atoms with Crippen LogP contribution in [0.1, 0.15) is 23.9 Å². The predicted molar refractivity (Wildman–Crippen MR) is 95.8 cm³/mol. The highest BCUT2D eigenvalue weighted by molar-refractivity contribution is 7.98. The number of β-lactam (4-membered cyclic amide) rings is 1. The van der Waals surface area contributed by atoms with Crippen LogP contribution in [0.3, 0.4) is 0 Å². The van der Waals surface area contributed by atoms with Crippen LogP contribution in [-0.4, -0.2) is 59.9 Å². The molecular weight excluding hydrogens is 378 g/mol. The zero-order chi connectivity index (χ0) is 18.7. The first-order valence-electron chi connectivity index (χ1n) is 8.02. The van der Waals surface area contributed by atoms with Gasteiger partial charge >= 0.3 is 5.97 Å². The maximum absolute atomic E-state index is 12.4. The highest BCUT2D eigenvalue weighted by atomic mass is 32.2. The van der Waals surface area contributed by atoms with Crippen LogP contribution in [0.5, 0.6) is 0 Å². The Morgan fingerprint density at radius 3 is 2.85 bits per heavy atom. The van der Waals surface area contributed by atoms with E-state index in [2.05, 4.69) is 4.98 Å². The van der Waals surface area contributed by atoms with Gasteiger partial charge in [0.05, 0.1) is 35.2 Å². The molecule has 0 bridgehead atoms. The summed E-state index contributed by atoms with van der Waals surface area (Å²) in [5.41, 5.74) is 1.05. The summed E-state index contributed by atoms with van der Waals surface area (Å²) < 4.78 is 1.77. The average Bonchev–Trinajstić information content (AvgIpc) is 3.22. The van der Waals surface area contributed by atoms with Crippen molar-refractivity contribution >= 4 is 45.4 Å². The molecule has 3 atom stereocenters. The van der Waals surface area contributed by atoms with Gasteiger partial charge in [-0.1, -0.05) is 0 Å². The molecule has 4 heterocycles. The molecule has 2 aromatic heterocycles. The zero-order valence-corrected chi connectivity index (χ0v) is 15.7. The summed E-state index contributed by atoms with van der Waals surface area (Å²) in [5, 5.41) is 30.2. The third kappa shape index (κ3) is 2.19. The number of aromatic nitrogens is 2. The lowest BCUT2D eigenvalue weighted by atomic mass is 9.83. The van der Waals surface area contributed by atoms with Gasteiger partial charge in [0.2, 0.25) is 5.91 Å². The van der Waals surface area contributed by atoms with Crippen LogP contribution in [-0.2, 0) is 16.2 Å². The van der Waals surface area contributed by atoms with Crippen LogP contribution in [0, 0.1) is 5.92 Å². The molecule has 1 saturated heterocycles. The normalized spacial score (nSPS) is 23.5. The first-order valence-corrected chi connectivity index (χ1v) is 10.1. The number of thioether (sulfide) groups is 1. The fourth-order valence-corrected chi connectivity index (χ4v) is 5.84. The third-order valence-electron chi connectivity index (χ3n) is 4.99. The number of carbonyl (C=O) groups is 2. The van der Waals surface area contributed by atoms with Crippen molar-refractivity contribution in [3.63, 3.8) is 0 Å². The lowest BCUT2D eigenvalue weighted by Crippen LogP contribution is -2.61. The van der Waals surface area contributed by atoms with E-state index in [4.69, 9.17) is 0 Å². The maximum Gasteiger partial charge on any atom is 0.352 e. The van der Waals surface area contributed by atoms with Gasteiger partial charge in [0.25, 0.3) is 0 Å². The molecule has 8 nitrogen and oxygen atoms in total. The van der Waals surface area contributed by atoms with Crippen molar-refractivity contribution in [3.8, 4) is 0 Å². The average molecular weight is 395 g/mol. The molecule has 0 aliphatic carbocycles. The second-order valence-corrected chi connectivity index (χ2v) is 8.14. The number of hydrogen-bond acceptors (Lipinski definition) is 7. The van der Waals surface area contributed by atoms with E-state index in [1.807, 2.05) is 6.26 Å². The number of fused-ring (bicyclic) bond motifs is 2. The number of rotatable bonds is 5. The van der Waals surface area contributed by atoms with Gasteiger partial charge in [0, 0.05) is 5.57 Å². The molecule has 4 rings (SSSR count). The van der Waals surface area contributed by atoms with Gasteiger partial charge in [-0.3, -0.25) is 9.20 Å². The second kappa shape index (κ2) is 6.08. The number of imidazole rings is 1. The van der Waals surface area contributed by atoms with E-state index in [0.717, 1.165) is 9.86 Å². The summed E-state index contributed by atoms with van der Waals surface area (Å²) in [4.78, 5) is 31.3. The van der Waals surface area contributed by atoms with Crippen LogP contribution in [0.2, 0.25) is 0 Å². The van der Waals surface area contributed by atoms with Gasteiger partial charge < -0.3 is 20.2 Å². The van der Waals surface area contributed by atoms with Crippen LogP contribution >= 0.6 is 23.1 Å². The van der Waals surface area contributed by atoms with Gasteiger partial charge in [0.15, 0.2) is 0 Å². The Labute approximate surface area is 156 Å². The number of carboxylic acids is 1. The topological polar surface area (TPSA) is 115 Å². The Morgan fingerprint density at radius 1 is 1.54 bits per heavy atom. The molecular formula is C16H17N3O5S2. The molecule has 0 spiro atoms. The van der Waals surface area contributed by atoms with Crippen LogP contribution in [0.25, 0.3) is 10.4 Å². The van der Waals surface area contributed by atoms with Crippen molar-refractivity contribution in [2.45, 2.75) is 37.1 Å². The van der Waals surface area contributed by atoms with Crippen molar-refractivity contribution < 1.29 is 24.9 Å². The van der Waals surface area contributed by atoms with Crippen LogP contribution in [0.4, 0.5) is 0 Å². The molecule has 138 valence electrons. The van der Waals surface area contributed by atoms with Crippen molar-refractivity contribution in [2.75, 3.05) is 6.26 Å². The quantitative estimate of drug-likeness (QED) is 0.511. The Kier molecular flexibility index (Phi) is 4.10. The zero-order valence-electron chi connectivity index (χ0n) is 14.0. The van der Waals surface area contributed by atoms with E-state index >= 15 is 0 Å². The largest absolute Gasteiger partial charge is 0.477 e. The minimum Gasteiger partial charge on any atom is -0.477 e. The molecule has 2 aliphatic rings. The Morgan fingerprint density at radius 2 is 2.27 bits per heavy atom. The molecule has 0 unspecified atom stereocenters. The van der Waals surface area contributed by atoms with E-state index in [1.54, 1.807) is 17.7 Å². The van der Waals surface area contributed by atoms with Crippen LogP contribution < -0.4 is 0 Å². The second-order valence-electron chi connectivity index (χ2n) is 6.34. The molecule has 1 fully saturated rings. The van der Waals surface area contributed by atoms with Crippen molar-refractivity contribution in [2.24, 2.45) is 5.92 Å². The van der Waals surface area contributed by atoms with Gasteiger partial charge in [-0.05, 0) is 19.6 Å². The van der Waals surface area contributed by atoms with E-state index in [0.29, 0.717) is 22.6 Å². The van der Waals surface area contributed by atoms with E-state index in [9.17, 15) is 24.9 Å². The SMILES string of the molecule is CSc1ncn2c(CO)c(C3=C(C(=O)O)N4C(=O)[C@H]([C@@H](C)O)[C@H]4C3)sc12. The van der Waals surface area contributed by atoms with E-state index in [1.165, 1.54) is 28.0 Å². The predicted octanol–water partition coefficient (Wildman–Crippen LogP) is 1.02. The summed E-state index contributed by atoms with van der Waals surface area (Å²) in [5.74, 6) is -2.13. The number of carbonyl (C=O) groups excluding carboxylic acids is 1. The molecule has 3 N–H and O–H groups in total. The standard InChI is InChI=1S/C16H17N3O5S2/c1-6(21)10-8-3-7(11(16(23)24)19(8)14(10)22)12-9(4-20)18-5-17-13(25-2)15(18)26-12/h5-6,8,10,20-21H,3-4H2,1-2H3,(H,23,24)/t6-,8-,10-/m1/s1. The van der Waals surface area contributed by atoms with Crippen molar-refractivity contribution in [3.05, 3.63) is 22.6 Å². The number of thiazole rings is 1. The summed E-state index contributed by atoms with van der Waals surface area (Å²) >= 11 is 2.84. The smallest absolute Gasteiger partial charge is 0.352 e. The monoisotopic (exact) mass is 395 g/mol. The van der Waals surface area contributed by atoms with Gasteiger partial charge in [0.1, 0.15) is 21.9 Å². The summed E-state index contributed by atoms with van der Waals surface area (Å²) in [6.07, 6.45) is 3.03. The summed E-state index contributed by atoms with van der Waals surface area (Å²) in [7, 11) is 0. The Hall–Kier alpha value is -1.88. The van der Waals surface area contributed by atoms with E-state index in [-0.39, 0.29) is 24.3 Å². The fourth-order valence-electron chi connectivity index (χ4n) is 3.87. The molecule has 0 aromatic carbocycles. The first kappa shape index (κ1) is 17.5. The lowest BCUT2D eigenvalue weighted by Gasteiger charge is -2.44. The number of aliphatic carboxylic acids is 1. The molecule has 0 saturated carbocycles. The highest BCUT2D eigenvalue weighted by Crippen LogP contribution is 2.49. The van der Waals surface area contributed by atoms with Crippen molar-refractivity contribution in [1.82, 2.24) is 14.3 Å². The molecule has 26 heavy (non-hydrogen) atoms. The summed E-state index contributed by atoms with van der Waals surface area (Å²) in [6, 6.07) is -0.352. The van der Waals surface area contributed by atoms with Crippen molar-refractivity contribution in [1.29, 1.82) is 0 Å². The first-order chi connectivity index (χ1) is 12.4. The Bertz CT molecular complexity index is 961. The summed E-state index contributed by atoms with van der Waals surface area (Å²) in [6.45, 7) is 1.28. The van der Waals surface area contributed by atoms with E-state index < -0.39 is 18.0 Å². The van der Waals surface area contributed by atoms with Gasteiger partial charge in [-0.2, -0.15) is 0 Å². The number of aliphatic hydroxyl groups is 2. The van der Waals surface area contributed by atoms with Crippen LogP contribution in [0.15, 0.2) is 17.1 Å². The molecule has 2 aromatic rings. The maximum atomic E-state index is 12.4. The minimum absolute atomic E-state index is 0.0465. The number of amides is 1. The van der Waals surface area contributed by atoms with Gasteiger partial charge in [-0.15, -0.1) is 23.1 Å². The number of aliphatic hydroxyl groups excluding tert-OH is 2. The molecule has 2 aliphatic heterocycles. The fraction of sp³-hybridized carbons (Fsp3) is 0.438. The highest BCUT2D eigenvalue weighted by Gasteiger charge is 2.57.